The molecule has 20 heavy (non-hydrogen) atoms. The third kappa shape index (κ3) is 2.86. The summed E-state index contributed by atoms with van der Waals surface area (Å²) in [5.74, 6) is 0.877. The molecule has 2 aromatic carbocycles. The molecule has 0 radical (unpaired) electrons. The van der Waals surface area contributed by atoms with Gasteiger partial charge in [-0.1, -0.05) is 35.9 Å². The van der Waals surface area contributed by atoms with Crippen LogP contribution in [-0.2, 0) is 0 Å². The monoisotopic (exact) mass is 269 g/mol. The van der Waals surface area contributed by atoms with Crippen LogP contribution in [0.15, 0.2) is 36.4 Å². The predicted octanol–water partition coefficient (Wildman–Crippen LogP) is 4.06. The first-order valence-corrected chi connectivity index (χ1v) is 7.09. The van der Waals surface area contributed by atoms with Crippen molar-refractivity contribution in [1.29, 1.82) is 0 Å². The van der Waals surface area contributed by atoms with Gasteiger partial charge in [-0.15, -0.1) is 0 Å². The van der Waals surface area contributed by atoms with E-state index in [0.29, 0.717) is 6.61 Å². The fourth-order valence-corrected chi connectivity index (χ4v) is 2.86. The van der Waals surface area contributed by atoms with Gasteiger partial charge in [0.25, 0.3) is 0 Å². The molecule has 2 nitrogen and oxygen atoms in total. The average molecular weight is 269 g/mol. The highest BCUT2D eigenvalue weighted by Crippen LogP contribution is 2.32. The summed E-state index contributed by atoms with van der Waals surface area (Å²) in [4.78, 5) is 0. The number of aryl methyl sites for hydroxylation is 3. The number of hydrogen-bond acceptors (Lipinski definition) is 2. The number of rotatable bonds is 4. The van der Waals surface area contributed by atoms with Crippen molar-refractivity contribution in [2.45, 2.75) is 33.7 Å². The minimum Gasteiger partial charge on any atom is -0.494 e. The van der Waals surface area contributed by atoms with Crippen LogP contribution in [0.25, 0.3) is 0 Å². The maximum atomic E-state index is 6.52. The molecular weight excluding hydrogens is 246 g/mol. The van der Waals surface area contributed by atoms with Gasteiger partial charge in [0, 0.05) is 5.56 Å². The number of nitrogens with two attached hydrogens (primary N) is 1. The Morgan fingerprint density at radius 3 is 2.25 bits per heavy atom. The fourth-order valence-electron chi connectivity index (χ4n) is 2.86. The molecule has 0 saturated carbocycles. The van der Waals surface area contributed by atoms with Crippen molar-refractivity contribution in [3.63, 3.8) is 0 Å². The molecule has 0 fully saturated rings. The van der Waals surface area contributed by atoms with Gasteiger partial charge in [-0.25, -0.2) is 0 Å². The zero-order chi connectivity index (χ0) is 14.7. The van der Waals surface area contributed by atoms with Crippen molar-refractivity contribution in [3.8, 4) is 5.75 Å². The van der Waals surface area contributed by atoms with Crippen molar-refractivity contribution in [3.05, 3.63) is 64.2 Å². The molecule has 0 aliphatic heterocycles. The van der Waals surface area contributed by atoms with Crippen molar-refractivity contribution in [1.82, 2.24) is 0 Å². The van der Waals surface area contributed by atoms with Crippen LogP contribution in [0.3, 0.4) is 0 Å². The molecule has 0 aliphatic rings. The molecule has 1 atom stereocenters. The number of benzene rings is 2. The van der Waals surface area contributed by atoms with Crippen molar-refractivity contribution >= 4 is 0 Å². The lowest BCUT2D eigenvalue weighted by Crippen LogP contribution is -2.16. The molecule has 0 amide bonds. The molecule has 0 spiro atoms. The average Bonchev–Trinajstić information content (AvgIpc) is 2.38. The second-order valence-corrected chi connectivity index (χ2v) is 5.26. The van der Waals surface area contributed by atoms with Gasteiger partial charge >= 0.3 is 0 Å². The minimum absolute atomic E-state index is 0.154. The van der Waals surface area contributed by atoms with Crippen LogP contribution >= 0.6 is 0 Å². The molecule has 106 valence electrons. The van der Waals surface area contributed by atoms with Crippen LogP contribution in [0.5, 0.6) is 5.75 Å². The lowest BCUT2D eigenvalue weighted by Gasteiger charge is -2.21. The van der Waals surface area contributed by atoms with Gasteiger partial charge in [0.1, 0.15) is 5.75 Å². The summed E-state index contributed by atoms with van der Waals surface area (Å²) in [6.45, 7) is 9.00. The van der Waals surface area contributed by atoms with Crippen LogP contribution in [0.2, 0.25) is 0 Å². The standard InChI is InChI=1S/C18H23NO/c1-5-20-16-9-7-6-8-15(16)18(19)17-13(3)10-12(2)11-14(17)4/h6-11,18H,5,19H2,1-4H3. The van der Waals surface area contributed by atoms with E-state index >= 15 is 0 Å². The molecule has 2 rings (SSSR count). The van der Waals surface area contributed by atoms with E-state index in [0.717, 1.165) is 11.3 Å². The Balaban J connectivity index is 2.49. The summed E-state index contributed by atoms with van der Waals surface area (Å²) in [6, 6.07) is 12.2. The number of hydrogen-bond donors (Lipinski definition) is 1. The van der Waals surface area contributed by atoms with Crippen LogP contribution in [0.1, 0.15) is 40.8 Å². The molecular formula is C18H23NO. The lowest BCUT2D eigenvalue weighted by atomic mass is 9.90. The highest BCUT2D eigenvalue weighted by atomic mass is 16.5. The Kier molecular flexibility index (Phi) is 4.46. The fraction of sp³-hybridized carbons (Fsp3) is 0.333. The normalized spacial score (nSPS) is 12.2. The molecule has 0 saturated heterocycles. The van der Waals surface area contributed by atoms with E-state index in [2.05, 4.69) is 32.9 Å². The van der Waals surface area contributed by atoms with Gasteiger partial charge in [-0.05, 0) is 50.5 Å². The second kappa shape index (κ2) is 6.10. The Hall–Kier alpha value is -1.80. The molecule has 0 aromatic heterocycles. The van der Waals surface area contributed by atoms with E-state index in [9.17, 15) is 0 Å². The molecule has 2 aromatic rings. The SMILES string of the molecule is CCOc1ccccc1C(N)c1c(C)cc(C)cc1C. The number of para-hydroxylation sites is 1. The maximum Gasteiger partial charge on any atom is 0.124 e. The highest BCUT2D eigenvalue weighted by Gasteiger charge is 2.17. The van der Waals surface area contributed by atoms with Crippen molar-refractivity contribution in [2.75, 3.05) is 6.61 Å². The molecule has 2 N–H and O–H groups in total. The molecule has 0 bridgehead atoms. The number of ether oxygens (including phenoxy) is 1. The van der Waals surface area contributed by atoms with Gasteiger partial charge in [0.05, 0.1) is 12.6 Å². The van der Waals surface area contributed by atoms with Gasteiger partial charge in [-0.3, -0.25) is 0 Å². The second-order valence-electron chi connectivity index (χ2n) is 5.26. The molecule has 1 unspecified atom stereocenters. The van der Waals surface area contributed by atoms with E-state index < -0.39 is 0 Å². The van der Waals surface area contributed by atoms with Crippen LogP contribution in [0.4, 0.5) is 0 Å². The zero-order valence-electron chi connectivity index (χ0n) is 12.7. The van der Waals surface area contributed by atoms with E-state index in [4.69, 9.17) is 10.5 Å². The summed E-state index contributed by atoms with van der Waals surface area (Å²) >= 11 is 0. The van der Waals surface area contributed by atoms with Crippen molar-refractivity contribution in [2.24, 2.45) is 5.73 Å². The Labute approximate surface area is 121 Å². The van der Waals surface area contributed by atoms with Gasteiger partial charge in [0.15, 0.2) is 0 Å². The predicted molar refractivity (Wildman–Crippen MR) is 84.3 cm³/mol. The zero-order valence-corrected chi connectivity index (χ0v) is 12.7. The Morgan fingerprint density at radius 2 is 1.65 bits per heavy atom. The van der Waals surface area contributed by atoms with Gasteiger partial charge < -0.3 is 10.5 Å². The van der Waals surface area contributed by atoms with E-state index in [1.54, 1.807) is 0 Å². The largest absolute Gasteiger partial charge is 0.494 e. The summed E-state index contributed by atoms with van der Waals surface area (Å²) in [5, 5.41) is 0. The van der Waals surface area contributed by atoms with Gasteiger partial charge in [-0.2, -0.15) is 0 Å². The smallest absolute Gasteiger partial charge is 0.124 e. The Morgan fingerprint density at radius 1 is 1.05 bits per heavy atom. The minimum atomic E-state index is -0.154. The third-order valence-electron chi connectivity index (χ3n) is 3.60. The summed E-state index contributed by atoms with van der Waals surface area (Å²) in [5.41, 5.74) is 12.5. The molecule has 0 aliphatic carbocycles. The lowest BCUT2D eigenvalue weighted by molar-refractivity contribution is 0.335. The topological polar surface area (TPSA) is 35.2 Å². The summed E-state index contributed by atoms with van der Waals surface area (Å²) in [7, 11) is 0. The van der Waals surface area contributed by atoms with Crippen LogP contribution in [-0.4, -0.2) is 6.61 Å². The molecule has 0 heterocycles. The first-order valence-electron chi connectivity index (χ1n) is 7.09. The quantitative estimate of drug-likeness (QED) is 0.908. The van der Waals surface area contributed by atoms with Crippen LogP contribution < -0.4 is 10.5 Å². The molecule has 2 heteroatoms. The van der Waals surface area contributed by atoms with Gasteiger partial charge in [0.2, 0.25) is 0 Å². The Bertz CT molecular complexity index is 581. The summed E-state index contributed by atoms with van der Waals surface area (Å²) < 4.78 is 5.70. The summed E-state index contributed by atoms with van der Waals surface area (Å²) in [6.07, 6.45) is 0. The first-order chi connectivity index (χ1) is 9.54. The third-order valence-corrected chi connectivity index (χ3v) is 3.60. The van der Waals surface area contributed by atoms with Crippen LogP contribution in [0, 0.1) is 20.8 Å². The first kappa shape index (κ1) is 14.6. The maximum absolute atomic E-state index is 6.52. The van der Waals surface area contributed by atoms with E-state index in [1.807, 2.05) is 31.2 Å². The van der Waals surface area contributed by atoms with E-state index in [1.165, 1.54) is 22.3 Å². The van der Waals surface area contributed by atoms with E-state index in [-0.39, 0.29) is 6.04 Å². The highest BCUT2D eigenvalue weighted by molar-refractivity contribution is 5.47. The van der Waals surface area contributed by atoms with Crippen molar-refractivity contribution < 1.29 is 4.74 Å².